The number of furan rings is 1. The van der Waals surface area contributed by atoms with Crippen LogP contribution in [0.4, 0.5) is 5.69 Å². The Kier molecular flexibility index (Phi) is 4.94. The van der Waals surface area contributed by atoms with Crippen molar-refractivity contribution < 1.29 is 28.3 Å². The molecule has 0 saturated carbocycles. The monoisotopic (exact) mass is 367 g/mol. The minimum atomic E-state index is -0.775. The lowest BCUT2D eigenvalue weighted by Gasteiger charge is -2.13. The highest BCUT2D eigenvalue weighted by atomic mass is 16.5. The minimum Gasteiger partial charge on any atom is -0.465 e. The molecule has 0 radical (unpaired) electrons. The topological polar surface area (TPSA) is 94.8 Å². The summed E-state index contributed by atoms with van der Waals surface area (Å²) in [5.74, 6) is -1.42. The summed E-state index contributed by atoms with van der Waals surface area (Å²) in [7, 11) is 2.40. The van der Waals surface area contributed by atoms with Gasteiger partial charge in [-0.25, -0.2) is 9.59 Å². The first kappa shape index (κ1) is 18.2. The van der Waals surface area contributed by atoms with Gasteiger partial charge < -0.3 is 19.2 Å². The number of anilines is 1. The number of carbonyl (C=O) groups is 3. The van der Waals surface area contributed by atoms with Crippen molar-refractivity contribution in [2.45, 2.75) is 6.92 Å². The number of hydrogen-bond acceptors (Lipinski definition) is 6. The van der Waals surface area contributed by atoms with Crippen LogP contribution in [0.2, 0.25) is 0 Å². The standard InChI is InChI=1S/C20H17NO6/c1-11(22)21-14-10-16-13(9-15(27-16)12-7-5-4-6-8-12)17(19(23)25-2)18(14)20(24)26-3/h4-10H,1-3H3,(H,21,22). The summed E-state index contributed by atoms with van der Waals surface area (Å²) in [5.41, 5.74) is 1.11. The van der Waals surface area contributed by atoms with Gasteiger partial charge in [-0.2, -0.15) is 0 Å². The Labute approximate surface area is 154 Å². The molecule has 3 rings (SSSR count). The summed E-state index contributed by atoms with van der Waals surface area (Å²) in [4.78, 5) is 36.4. The number of benzene rings is 2. The van der Waals surface area contributed by atoms with Crippen LogP contribution in [0.1, 0.15) is 27.6 Å². The van der Waals surface area contributed by atoms with Crippen LogP contribution >= 0.6 is 0 Å². The first-order valence-electron chi connectivity index (χ1n) is 8.06. The van der Waals surface area contributed by atoms with Crippen LogP contribution in [0.25, 0.3) is 22.3 Å². The smallest absolute Gasteiger partial charge is 0.340 e. The van der Waals surface area contributed by atoms with E-state index in [1.165, 1.54) is 27.2 Å². The third-order valence-electron chi connectivity index (χ3n) is 3.97. The van der Waals surface area contributed by atoms with Crippen molar-refractivity contribution in [3.8, 4) is 11.3 Å². The maximum atomic E-state index is 12.5. The van der Waals surface area contributed by atoms with Crippen LogP contribution in [-0.4, -0.2) is 32.1 Å². The lowest BCUT2D eigenvalue weighted by atomic mass is 10.00. The molecule has 27 heavy (non-hydrogen) atoms. The first-order chi connectivity index (χ1) is 13.0. The number of nitrogens with one attached hydrogen (secondary N) is 1. The molecule has 0 unspecified atom stereocenters. The summed E-state index contributed by atoms with van der Waals surface area (Å²) >= 11 is 0. The maximum Gasteiger partial charge on any atom is 0.340 e. The molecule has 0 saturated heterocycles. The Morgan fingerprint density at radius 2 is 1.56 bits per heavy atom. The molecule has 138 valence electrons. The van der Waals surface area contributed by atoms with Crippen molar-refractivity contribution in [2.75, 3.05) is 19.5 Å². The van der Waals surface area contributed by atoms with Gasteiger partial charge in [-0.3, -0.25) is 4.79 Å². The van der Waals surface area contributed by atoms with Gasteiger partial charge >= 0.3 is 11.9 Å². The fourth-order valence-corrected chi connectivity index (χ4v) is 2.84. The summed E-state index contributed by atoms with van der Waals surface area (Å²) in [6, 6.07) is 12.4. The van der Waals surface area contributed by atoms with Gasteiger partial charge in [0.05, 0.1) is 31.0 Å². The van der Waals surface area contributed by atoms with Gasteiger partial charge in [0.1, 0.15) is 11.3 Å². The van der Waals surface area contributed by atoms with Crippen molar-refractivity contribution in [1.29, 1.82) is 0 Å². The van der Waals surface area contributed by atoms with Gasteiger partial charge in [-0.1, -0.05) is 30.3 Å². The Balaban J connectivity index is 2.36. The third-order valence-corrected chi connectivity index (χ3v) is 3.97. The number of esters is 2. The van der Waals surface area contributed by atoms with E-state index in [1.807, 2.05) is 30.3 Å². The van der Waals surface area contributed by atoms with Crippen LogP contribution in [0.5, 0.6) is 0 Å². The average Bonchev–Trinajstić information content (AvgIpc) is 3.09. The van der Waals surface area contributed by atoms with Gasteiger partial charge in [0, 0.05) is 23.9 Å². The normalized spacial score (nSPS) is 10.5. The van der Waals surface area contributed by atoms with Crippen LogP contribution < -0.4 is 5.32 Å². The van der Waals surface area contributed by atoms with E-state index in [9.17, 15) is 14.4 Å². The SMILES string of the molecule is COC(=O)c1c(NC(C)=O)cc2oc(-c3ccccc3)cc2c1C(=O)OC. The van der Waals surface area contributed by atoms with E-state index in [0.29, 0.717) is 16.7 Å². The van der Waals surface area contributed by atoms with Crippen molar-refractivity contribution in [3.63, 3.8) is 0 Å². The van der Waals surface area contributed by atoms with Crippen LogP contribution in [0.3, 0.4) is 0 Å². The van der Waals surface area contributed by atoms with E-state index >= 15 is 0 Å². The second-order valence-electron chi connectivity index (χ2n) is 5.73. The zero-order chi connectivity index (χ0) is 19.6. The zero-order valence-electron chi connectivity index (χ0n) is 15.0. The Hall–Kier alpha value is -3.61. The molecule has 0 atom stereocenters. The second-order valence-corrected chi connectivity index (χ2v) is 5.73. The van der Waals surface area contributed by atoms with Crippen LogP contribution in [0.15, 0.2) is 46.9 Å². The number of hydrogen-bond donors (Lipinski definition) is 1. The molecule has 0 aliphatic rings. The number of carbonyl (C=O) groups excluding carboxylic acids is 3. The molecule has 1 heterocycles. The maximum absolute atomic E-state index is 12.5. The Bertz CT molecular complexity index is 1040. The highest BCUT2D eigenvalue weighted by Gasteiger charge is 2.28. The average molecular weight is 367 g/mol. The molecule has 0 bridgehead atoms. The minimum absolute atomic E-state index is 0.0310. The molecule has 3 aromatic rings. The van der Waals surface area contributed by atoms with Gasteiger partial charge in [0.2, 0.25) is 5.91 Å². The highest BCUT2D eigenvalue weighted by Crippen LogP contribution is 2.36. The second kappa shape index (κ2) is 7.33. The molecule has 2 aromatic carbocycles. The van der Waals surface area contributed by atoms with E-state index < -0.39 is 17.8 Å². The summed E-state index contributed by atoms with van der Waals surface area (Å²) in [6.07, 6.45) is 0. The Morgan fingerprint density at radius 3 is 2.15 bits per heavy atom. The molecule has 1 amide bonds. The molecule has 7 heteroatoms. The van der Waals surface area contributed by atoms with Crippen molar-refractivity contribution in [3.05, 3.63) is 53.6 Å². The summed E-state index contributed by atoms with van der Waals surface area (Å²) in [5, 5.41) is 2.93. The van der Waals surface area contributed by atoms with E-state index in [1.54, 1.807) is 6.07 Å². The largest absolute Gasteiger partial charge is 0.465 e. The lowest BCUT2D eigenvalue weighted by Crippen LogP contribution is -2.17. The van der Waals surface area contributed by atoms with E-state index in [-0.39, 0.29) is 16.8 Å². The van der Waals surface area contributed by atoms with E-state index in [4.69, 9.17) is 13.9 Å². The van der Waals surface area contributed by atoms with Crippen LogP contribution in [-0.2, 0) is 14.3 Å². The molecular formula is C20H17NO6. The number of methoxy groups -OCH3 is 2. The zero-order valence-corrected chi connectivity index (χ0v) is 15.0. The highest BCUT2D eigenvalue weighted by molar-refractivity contribution is 6.17. The number of rotatable bonds is 4. The first-order valence-corrected chi connectivity index (χ1v) is 8.06. The predicted octanol–water partition coefficient (Wildman–Crippen LogP) is 3.63. The number of fused-ring (bicyclic) bond motifs is 1. The number of ether oxygens (including phenoxy) is 2. The van der Waals surface area contributed by atoms with Crippen molar-refractivity contribution >= 4 is 34.5 Å². The molecule has 1 N–H and O–H groups in total. The quantitative estimate of drug-likeness (QED) is 0.708. The lowest BCUT2D eigenvalue weighted by molar-refractivity contribution is -0.114. The molecular weight excluding hydrogens is 350 g/mol. The molecule has 0 spiro atoms. The predicted molar refractivity (Wildman–Crippen MR) is 98.6 cm³/mol. The fraction of sp³-hybridized carbons (Fsp3) is 0.150. The van der Waals surface area contributed by atoms with Gasteiger partial charge in [-0.15, -0.1) is 0 Å². The fourth-order valence-electron chi connectivity index (χ4n) is 2.84. The molecule has 7 nitrogen and oxygen atoms in total. The number of amides is 1. The summed E-state index contributed by atoms with van der Waals surface area (Å²) < 4.78 is 15.5. The van der Waals surface area contributed by atoms with Crippen molar-refractivity contribution in [1.82, 2.24) is 0 Å². The van der Waals surface area contributed by atoms with E-state index in [0.717, 1.165) is 5.56 Å². The van der Waals surface area contributed by atoms with Crippen molar-refractivity contribution in [2.24, 2.45) is 0 Å². The van der Waals surface area contributed by atoms with Gasteiger partial charge in [-0.05, 0) is 6.07 Å². The van der Waals surface area contributed by atoms with Gasteiger partial charge in [0.25, 0.3) is 0 Å². The molecule has 0 aliphatic carbocycles. The molecule has 0 aliphatic heterocycles. The van der Waals surface area contributed by atoms with E-state index in [2.05, 4.69) is 5.32 Å². The third kappa shape index (κ3) is 3.39. The molecule has 0 fully saturated rings. The van der Waals surface area contributed by atoms with Gasteiger partial charge in [0.15, 0.2) is 0 Å². The Morgan fingerprint density at radius 1 is 0.926 bits per heavy atom. The summed E-state index contributed by atoms with van der Waals surface area (Å²) in [6.45, 7) is 1.29. The van der Waals surface area contributed by atoms with Crippen LogP contribution in [0, 0.1) is 0 Å². The molecule has 1 aromatic heterocycles.